The fraction of sp³-hybridized carbons (Fsp3) is 0.500. The first-order valence-corrected chi connectivity index (χ1v) is 5.44. The van der Waals surface area contributed by atoms with E-state index >= 15 is 0 Å². The van der Waals surface area contributed by atoms with Gasteiger partial charge in [0.1, 0.15) is 0 Å². The molecule has 1 aromatic heterocycles. The molecule has 1 fully saturated rings. The van der Waals surface area contributed by atoms with Gasteiger partial charge in [0, 0.05) is 24.2 Å². The van der Waals surface area contributed by atoms with E-state index in [4.69, 9.17) is 4.74 Å². The number of rotatable bonds is 5. The number of carbonyl (C=O) groups excluding carboxylic acids is 1. The van der Waals surface area contributed by atoms with E-state index in [1.165, 1.54) is 12.8 Å². The number of methoxy groups -OCH3 is 1. The van der Waals surface area contributed by atoms with Crippen molar-refractivity contribution in [3.8, 4) is 5.88 Å². The summed E-state index contributed by atoms with van der Waals surface area (Å²) in [5.74, 6) is 0.560. The van der Waals surface area contributed by atoms with Crippen molar-refractivity contribution in [1.29, 1.82) is 0 Å². The molecule has 1 aliphatic carbocycles. The van der Waals surface area contributed by atoms with Gasteiger partial charge in [0.15, 0.2) is 6.29 Å². The van der Waals surface area contributed by atoms with Crippen molar-refractivity contribution in [3.05, 3.63) is 23.4 Å². The molecule has 0 amide bonds. The van der Waals surface area contributed by atoms with Crippen LogP contribution in [0.1, 0.15) is 28.9 Å². The Kier molecular flexibility index (Phi) is 3.19. The molecule has 4 nitrogen and oxygen atoms in total. The maximum Gasteiger partial charge on any atom is 0.213 e. The summed E-state index contributed by atoms with van der Waals surface area (Å²) >= 11 is 0. The van der Waals surface area contributed by atoms with E-state index < -0.39 is 0 Å². The van der Waals surface area contributed by atoms with Crippen molar-refractivity contribution >= 4 is 6.29 Å². The van der Waals surface area contributed by atoms with Gasteiger partial charge in [-0.15, -0.1) is 0 Å². The lowest BCUT2D eigenvalue weighted by atomic mass is 10.2. The van der Waals surface area contributed by atoms with Crippen molar-refractivity contribution in [3.63, 3.8) is 0 Å². The zero-order valence-electron chi connectivity index (χ0n) is 9.64. The third kappa shape index (κ3) is 2.39. The molecule has 0 radical (unpaired) electrons. The standard InChI is InChI=1S/C12H16N2O2/c1-14(10-4-5-10)7-11-9(8-15)3-6-12(13-11)16-2/h3,6,8,10H,4-5,7H2,1-2H3. The Morgan fingerprint density at radius 1 is 1.56 bits per heavy atom. The molecule has 16 heavy (non-hydrogen) atoms. The van der Waals surface area contributed by atoms with E-state index in [1.807, 2.05) is 0 Å². The summed E-state index contributed by atoms with van der Waals surface area (Å²) in [6, 6.07) is 4.13. The molecule has 4 heteroatoms. The van der Waals surface area contributed by atoms with Crippen LogP contribution >= 0.6 is 0 Å². The summed E-state index contributed by atoms with van der Waals surface area (Å²) in [5, 5.41) is 0. The predicted molar refractivity (Wildman–Crippen MR) is 60.7 cm³/mol. The molecule has 2 rings (SSSR count). The summed E-state index contributed by atoms with van der Waals surface area (Å²) in [6.45, 7) is 0.704. The molecule has 0 unspecified atom stereocenters. The first kappa shape index (κ1) is 11.1. The highest BCUT2D eigenvalue weighted by atomic mass is 16.5. The number of aromatic nitrogens is 1. The van der Waals surface area contributed by atoms with Gasteiger partial charge in [-0.3, -0.25) is 9.69 Å². The molecule has 0 N–H and O–H groups in total. The fourth-order valence-corrected chi connectivity index (χ4v) is 1.72. The molecule has 0 spiro atoms. The van der Waals surface area contributed by atoms with Crippen molar-refractivity contribution in [2.45, 2.75) is 25.4 Å². The second-order valence-corrected chi connectivity index (χ2v) is 4.15. The largest absolute Gasteiger partial charge is 0.481 e. The number of nitrogens with zero attached hydrogens (tertiary/aromatic N) is 2. The van der Waals surface area contributed by atoms with Crippen LogP contribution in [0.4, 0.5) is 0 Å². The van der Waals surface area contributed by atoms with Crippen LogP contribution in [0.25, 0.3) is 0 Å². The monoisotopic (exact) mass is 220 g/mol. The maximum atomic E-state index is 10.9. The predicted octanol–water partition coefficient (Wildman–Crippen LogP) is 1.50. The van der Waals surface area contributed by atoms with Crippen molar-refractivity contribution in [2.24, 2.45) is 0 Å². The third-order valence-corrected chi connectivity index (χ3v) is 2.89. The van der Waals surface area contributed by atoms with E-state index in [1.54, 1.807) is 19.2 Å². The number of pyridine rings is 1. The molecular weight excluding hydrogens is 204 g/mol. The first-order valence-electron chi connectivity index (χ1n) is 5.44. The highest BCUT2D eigenvalue weighted by molar-refractivity contribution is 5.76. The maximum absolute atomic E-state index is 10.9. The molecule has 1 saturated carbocycles. The van der Waals surface area contributed by atoms with E-state index in [0.717, 1.165) is 12.0 Å². The second kappa shape index (κ2) is 4.61. The molecule has 1 aliphatic rings. The van der Waals surface area contributed by atoms with Gasteiger partial charge in [-0.25, -0.2) is 4.98 Å². The minimum Gasteiger partial charge on any atom is -0.481 e. The summed E-state index contributed by atoms with van der Waals surface area (Å²) in [5.41, 5.74) is 1.44. The number of ether oxygens (including phenoxy) is 1. The van der Waals surface area contributed by atoms with Gasteiger partial charge in [0.05, 0.1) is 12.8 Å². The second-order valence-electron chi connectivity index (χ2n) is 4.15. The molecule has 1 aromatic rings. The van der Waals surface area contributed by atoms with Crippen LogP contribution in [-0.2, 0) is 6.54 Å². The molecule has 0 bridgehead atoms. The van der Waals surface area contributed by atoms with E-state index in [0.29, 0.717) is 24.0 Å². The average molecular weight is 220 g/mol. The minimum absolute atomic E-state index is 0.560. The summed E-state index contributed by atoms with van der Waals surface area (Å²) in [6.07, 6.45) is 3.34. The highest BCUT2D eigenvalue weighted by Gasteiger charge is 2.26. The van der Waals surface area contributed by atoms with Crippen LogP contribution in [0.15, 0.2) is 12.1 Å². The lowest BCUT2D eigenvalue weighted by Gasteiger charge is -2.16. The van der Waals surface area contributed by atoms with Gasteiger partial charge in [-0.05, 0) is 26.0 Å². The van der Waals surface area contributed by atoms with Gasteiger partial charge in [0.25, 0.3) is 0 Å². The third-order valence-electron chi connectivity index (χ3n) is 2.89. The Bertz CT molecular complexity index is 389. The SMILES string of the molecule is COc1ccc(C=O)c(CN(C)C2CC2)n1. The van der Waals surface area contributed by atoms with Crippen molar-refractivity contribution < 1.29 is 9.53 Å². The van der Waals surface area contributed by atoms with Crippen LogP contribution in [-0.4, -0.2) is 36.4 Å². The van der Waals surface area contributed by atoms with Gasteiger partial charge < -0.3 is 4.74 Å². The molecule has 0 saturated heterocycles. The molecule has 86 valence electrons. The van der Waals surface area contributed by atoms with Gasteiger partial charge in [0.2, 0.25) is 5.88 Å². The normalized spacial score (nSPS) is 15.2. The summed E-state index contributed by atoms with van der Waals surface area (Å²) in [4.78, 5) is 17.4. The van der Waals surface area contributed by atoms with Crippen LogP contribution in [0, 0.1) is 0 Å². The number of aldehydes is 1. The quantitative estimate of drug-likeness (QED) is 0.705. The molecule has 1 heterocycles. The number of hydrogen-bond donors (Lipinski definition) is 0. The van der Waals surface area contributed by atoms with Gasteiger partial charge >= 0.3 is 0 Å². The Morgan fingerprint density at radius 3 is 2.88 bits per heavy atom. The first-order chi connectivity index (χ1) is 7.74. The molecular formula is C12H16N2O2. The van der Waals surface area contributed by atoms with Crippen LogP contribution in [0.5, 0.6) is 5.88 Å². The number of hydrogen-bond acceptors (Lipinski definition) is 4. The van der Waals surface area contributed by atoms with E-state index in [-0.39, 0.29) is 0 Å². The lowest BCUT2D eigenvalue weighted by molar-refractivity contribution is 0.112. The minimum atomic E-state index is 0.560. The Morgan fingerprint density at radius 2 is 2.31 bits per heavy atom. The Hall–Kier alpha value is -1.42. The molecule has 0 aromatic carbocycles. The Balaban J connectivity index is 2.18. The van der Waals surface area contributed by atoms with Gasteiger partial charge in [-0.2, -0.15) is 0 Å². The highest BCUT2D eigenvalue weighted by Crippen LogP contribution is 2.27. The molecule has 0 atom stereocenters. The van der Waals surface area contributed by atoms with E-state index in [9.17, 15) is 4.79 Å². The Labute approximate surface area is 95.2 Å². The smallest absolute Gasteiger partial charge is 0.213 e. The summed E-state index contributed by atoms with van der Waals surface area (Å²) in [7, 11) is 3.64. The van der Waals surface area contributed by atoms with E-state index in [2.05, 4.69) is 16.9 Å². The van der Waals surface area contributed by atoms with Crippen LogP contribution in [0.2, 0.25) is 0 Å². The zero-order chi connectivity index (χ0) is 11.5. The fourth-order valence-electron chi connectivity index (χ4n) is 1.72. The average Bonchev–Trinajstić information content (AvgIpc) is 3.12. The van der Waals surface area contributed by atoms with Gasteiger partial charge in [-0.1, -0.05) is 0 Å². The van der Waals surface area contributed by atoms with Crippen molar-refractivity contribution in [1.82, 2.24) is 9.88 Å². The van der Waals surface area contributed by atoms with Crippen LogP contribution in [0.3, 0.4) is 0 Å². The lowest BCUT2D eigenvalue weighted by Crippen LogP contribution is -2.21. The molecule has 0 aliphatic heterocycles. The van der Waals surface area contributed by atoms with Crippen LogP contribution < -0.4 is 4.74 Å². The zero-order valence-corrected chi connectivity index (χ0v) is 9.64. The number of carbonyl (C=O) groups is 1. The summed E-state index contributed by atoms with van der Waals surface area (Å²) < 4.78 is 5.07. The topological polar surface area (TPSA) is 42.4 Å². The van der Waals surface area contributed by atoms with Crippen molar-refractivity contribution in [2.75, 3.05) is 14.2 Å².